The summed E-state index contributed by atoms with van der Waals surface area (Å²) in [5.74, 6) is -0.725. The van der Waals surface area contributed by atoms with E-state index in [2.05, 4.69) is 15.3 Å². The number of likely N-dealkylation sites (tertiary alicyclic amines) is 1. The van der Waals surface area contributed by atoms with E-state index in [1.807, 2.05) is 30.3 Å². The number of hydrogen-bond donors (Lipinski definition) is 1. The van der Waals surface area contributed by atoms with Crippen molar-refractivity contribution in [1.29, 1.82) is 0 Å². The molecule has 1 atom stereocenters. The average Bonchev–Trinajstić information content (AvgIpc) is 2.99. The number of alkyl halides is 3. The number of nitrogens with one attached hydrogen (secondary N) is 1. The molecule has 0 radical (unpaired) electrons. The van der Waals surface area contributed by atoms with Crippen molar-refractivity contribution in [3.8, 4) is 0 Å². The van der Waals surface area contributed by atoms with Crippen LogP contribution in [0.2, 0.25) is 0 Å². The molecule has 2 aromatic rings. The predicted molar refractivity (Wildman–Crippen MR) is 90.4 cm³/mol. The monoisotopic (exact) mass is 366 g/mol. The second-order valence-corrected chi connectivity index (χ2v) is 6.60. The number of piperidine rings is 1. The molecule has 8 heteroatoms. The van der Waals surface area contributed by atoms with E-state index < -0.39 is 23.3 Å². The summed E-state index contributed by atoms with van der Waals surface area (Å²) in [4.78, 5) is 14.6. The molecule has 1 unspecified atom stereocenters. The third kappa shape index (κ3) is 4.43. The summed E-state index contributed by atoms with van der Waals surface area (Å²) >= 11 is 0. The Morgan fingerprint density at radius 3 is 2.73 bits per heavy atom. The summed E-state index contributed by atoms with van der Waals surface area (Å²) in [6.45, 7) is 2.28. The Hall–Kier alpha value is -2.35. The van der Waals surface area contributed by atoms with Gasteiger partial charge in [-0.05, 0) is 24.9 Å². The minimum absolute atomic E-state index is 0.179. The Labute approximate surface area is 149 Å². The molecule has 0 saturated carbocycles. The summed E-state index contributed by atoms with van der Waals surface area (Å²) in [5, 5.41) is 6.13. The van der Waals surface area contributed by atoms with Gasteiger partial charge >= 0.3 is 6.18 Å². The minimum Gasteiger partial charge on any atom is -0.348 e. The third-order valence-corrected chi connectivity index (χ3v) is 4.43. The first-order chi connectivity index (χ1) is 12.3. The van der Waals surface area contributed by atoms with E-state index in [0.717, 1.165) is 36.8 Å². The van der Waals surface area contributed by atoms with Crippen LogP contribution in [-0.2, 0) is 19.8 Å². The zero-order valence-electron chi connectivity index (χ0n) is 14.5. The summed E-state index contributed by atoms with van der Waals surface area (Å²) in [6, 6.07) is 9.79. The van der Waals surface area contributed by atoms with E-state index in [0.29, 0.717) is 6.54 Å². The van der Waals surface area contributed by atoms with E-state index in [4.69, 9.17) is 0 Å². The standard InChI is InChI=1S/C18H21F3N4O/c1-24-12-15(16(23-24)18(19,20)21)17(26)22-14-8-5-9-25(11-14)10-13-6-3-2-4-7-13/h2-4,6-7,12,14H,5,8-11H2,1H3,(H,22,26). The number of nitrogens with zero attached hydrogens (tertiary/aromatic N) is 3. The minimum atomic E-state index is -4.65. The molecule has 1 aromatic carbocycles. The lowest BCUT2D eigenvalue weighted by Gasteiger charge is -2.33. The molecule has 140 valence electrons. The Balaban J connectivity index is 1.64. The molecule has 3 rings (SSSR count). The van der Waals surface area contributed by atoms with E-state index in [1.165, 1.54) is 12.6 Å². The maximum Gasteiger partial charge on any atom is 0.435 e. The van der Waals surface area contributed by atoms with Crippen LogP contribution in [0, 0.1) is 0 Å². The second-order valence-electron chi connectivity index (χ2n) is 6.60. The number of benzene rings is 1. The van der Waals surface area contributed by atoms with Crippen LogP contribution in [0.3, 0.4) is 0 Å². The third-order valence-electron chi connectivity index (χ3n) is 4.43. The predicted octanol–water partition coefficient (Wildman–Crippen LogP) is 2.83. The molecule has 0 bridgehead atoms. The number of aryl methyl sites for hydroxylation is 1. The first-order valence-corrected chi connectivity index (χ1v) is 8.51. The van der Waals surface area contributed by atoms with Gasteiger partial charge in [0.15, 0.2) is 5.69 Å². The van der Waals surface area contributed by atoms with Crippen molar-refractivity contribution in [1.82, 2.24) is 20.0 Å². The molecule has 1 aliphatic rings. The van der Waals surface area contributed by atoms with Gasteiger partial charge in [-0.25, -0.2) is 0 Å². The molecule has 1 saturated heterocycles. The van der Waals surface area contributed by atoms with Crippen LogP contribution in [0.15, 0.2) is 36.5 Å². The van der Waals surface area contributed by atoms with Crippen LogP contribution < -0.4 is 5.32 Å². The van der Waals surface area contributed by atoms with E-state index in [9.17, 15) is 18.0 Å². The van der Waals surface area contributed by atoms with E-state index in [1.54, 1.807) is 0 Å². The van der Waals surface area contributed by atoms with Crippen molar-refractivity contribution < 1.29 is 18.0 Å². The van der Waals surface area contributed by atoms with Gasteiger partial charge in [0.1, 0.15) is 0 Å². The summed E-state index contributed by atoms with van der Waals surface area (Å²) in [6.07, 6.45) is -1.90. The van der Waals surface area contributed by atoms with Crippen LogP contribution in [0.4, 0.5) is 13.2 Å². The summed E-state index contributed by atoms with van der Waals surface area (Å²) < 4.78 is 40.1. The van der Waals surface area contributed by atoms with Crippen LogP contribution in [0.5, 0.6) is 0 Å². The van der Waals surface area contributed by atoms with Crippen molar-refractivity contribution in [3.05, 3.63) is 53.3 Å². The number of halogens is 3. The van der Waals surface area contributed by atoms with Gasteiger partial charge in [-0.15, -0.1) is 0 Å². The smallest absolute Gasteiger partial charge is 0.348 e. The van der Waals surface area contributed by atoms with Gasteiger partial charge in [0.05, 0.1) is 5.56 Å². The highest BCUT2D eigenvalue weighted by molar-refractivity contribution is 5.95. The summed E-state index contributed by atoms with van der Waals surface area (Å²) in [5.41, 5.74) is -0.402. The normalized spacial score (nSPS) is 18.7. The van der Waals surface area contributed by atoms with Crippen LogP contribution >= 0.6 is 0 Å². The second kappa shape index (κ2) is 7.49. The van der Waals surface area contributed by atoms with Gasteiger partial charge in [0, 0.05) is 32.4 Å². The van der Waals surface area contributed by atoms with Gasteiger partial charge in [0.2, 0.25) is 0 Å². The molecule has 0 aliphatic carbocycles. The largest absolute Gasteiger partial charge is 0.435 e. The molecule has 1 N–H and O–H groups in total. The van der Waals surface area contributed by atoms with Crippen molar-refractivity contribution in [2.75, 3.05) is 13.1 Å². The lowest BCUT2D eigenvalue weighted by molar-refractivity contribution is -0.141. The number of aromatic nitrogens is 2. The number of carbonyl (C=O) groups excluding carboxylic acids is 1. The molecular weight excluding hydrogens is 345 g/mol. The molecule has 5 nitrogen and oxygen atoms in total. The Morgan fingerprint density at radius 2 is 2.04 bits per heavy atom. The van der Waals surface area contributed by atoms with Crippen molar-refractivity contribution in [2.24, 2.45) is 7.05 Å². The lowest BCUT2D eigenvalue weighted by atomic mass is 10.0. The molecule has 2 heterocycles. The number of rotatable bonds is 4. The Morgan fingerprint density at radius 1 is 1.31 bits per heavy atom. The molecular formula is C18H21F3N4O. The number of carbonyl (C=O) groups is 1. The highest BCUT2D eigenvalue weighted by Gasteiger charge is 2.39. The van der Waals surface area contributed by atoms with E-state index >= 15 is 0 Å². The van der Waals surface area contributed by atoms with Crippen LogP contribution in [0.25, 0.3) is 0 Å². The highest BCUT2D eigenvalue weighted by atomic mass is 19.4. The Kier molecular flexibility index (Phi) is 5.31. The topological polar surface area (TPSA) is 50.2 Å². The SMILES string of the molecule is Cn1cc(C(=O)NC2CCCN(Cc3ccccc3)C2)c(C(F)(F)F)n1. The molecule has 1 aliphatic heterocycles. The van der Waals surface area contributed by atoms with Crippen molar-refractivity contribution in [2.45, 2.75) is 31.6 Å². The fourth-order valence-electron chi connectivity index (χ4n) is 3.29. The van der Waals surface area contributed by atoms with E-state index in [-0.39, 0.29) is 6.04 Å². The fraction of sp³-hybridized carbons (Fsp3) is 0.444. The zero-order valence-corrected chi connectivity index (χ0v) is 14.5. The number of amides is 1. The fourth-order valence-corrected chi connectivity index (χ4v) is 3.29. The van der Waals surface area contributed by atoms with Crippen LogP contribution in [0.1, 0.15) is 34.5 Å². The maximum absolute atomic E-state index is 13.0. The number of hydrogen-bond acceptors (Lipinski definition) is 3. The highest BCUT2D eigenvalue weighted by Crippen LogP contribution is 2.30. The first-order valence-electron chi connectivity index (χ1n) is 8.51. The van der Waals surface area contributed by atoms with Gasteiger partial charge in [-0.3, -0.25) is 14.4 Å². The van der Waals surface area contributed by atoms with Gasteiger partial charge in [-0.2, -0.15) is 18.3 Å². The molecule has 0 spiro atoms. The van der Waals surface area contributed by atoms with Gasteiger partial charge < -0.3 is 5.32 Å². The molecule has 1 amide bonds. The van der Waals surface area contributed by atoms with Crippen LogP contribution in [-0.4, -0.2) is 39.7 Å². The molecule has 1 aromatic heterocycles. The molecule has 1 fully saturated rings. The maximum atomic E-state index is 13.0. The summed E-state index contributed by atoms with van der Waals surface area (Å²) in [7, 11) is 1.37. The lowest BCUT2D eigenvalue weighted by Crippen LogP contribution is -2.47. The van der Waals surface area contributed by atoms with Crippen molar-refractivity contribution in [3.63, 3.8) is 0 Å². The molecule has 26 heavy (non-hydrogen) atoms. The first kappa shape index (κ1) is 18.4. The quantitative estimate of drug-likeness (QED) is 0.905. The van der Waals surface area contributed by atoms with Gasteiger partial charge in [-0.1, -0.05) is 30.3 Å². The average molecular weight is 366 g/mol. The Bertz CT molecular complexity index is 758. The zero-order chi connectivity index (χ0) is 18.7. The van der Waals surface area contributed by atoms with Crippen molar-refractivity contribution >= 4 is 5.91 Å². The van der Waals surface area contributed by atoms with Gasteiger partial charge in [0.25, 0.3) is 5.91 Å².